The van der Waals surface area contributed by atoms with Gasteiger partial charge in [0.2, 0.25) is 0 Å². The highest BCUT2D eigenvalue weighted by atomic mass is 16.4. The molecule has 0 aromatic heterocycles. The van der Waals surface area contributed by atoms with Crippen LogP contribution in [0.4, 0.5) is 0 Å². The van der Waals surface area contributed by atoms with Crippen LogP contribution in [0.2, 0.25) is 0 Å². The molecule has 0 spiro atoms. The summed E-state index contributed by atoms with van der Waals surface area (Å²) in [6.07, 6.45) is 6.78. The van der Waals surface area contributed by atoms with Gasteiger partial charge in [0, 0.05) is 12.7 Å². The Morgan fingerprint density at radius 2 is 2.17 bits per heavy atom. The maximum Gasteiger partial charge on any atom is 0.328 e. The van der Waals surface area contributed by atoms with Crippen molar-refractivity contribution in [3.8, 4) is 0 Å². The first-order chi connectivity index (χ1) is 5.66. The van der Waals surface area contributed by atoms with Crippen molar-refractivity contribution in [2.45, 2.75) is 13.3 Å². The van der Waals surface area contributed by atoms with Crippen molar-refractivity contribution in [1.29, 1.82) is 0 Å². The number of rotatable bonds is 5. The van der Waals surface area contributed by atoms with Crippen LogP contribution < -0.4 is 0 Å². The summed E-state index contributed by atoms with van der Waals surface area (Å²) < 4.78 is 0. The zero-order valence-electron chi connectivity index (χ0n) is 7.10. The first kappa shape index (κ1) is 10.9. The quantitative estimate of drug-likeness (QED) is 0.481. The van der Waals surface area contributed by atoms with Crippen LogP contribution in [-0.2, 0) is 4.79 Å². The van der Waals surface area contributed by atoms with E-state index in [1.807, 2.05) is 13.0 Å². The van der Waals surface area contributed by atoms with E-state index >= 15 is 0 Å². The molecule has 0 rings (SSSR count). The van der Waals surface area contributed by atoms with Gasteiger partial charge in [0.05, 0.1) is 0 Å². The topological polar surface area (TPSA) is 57.5 Å². The minimum absolute atomic E-state index is 0.161. The molecule has 0 bridgehead atoms. The zero-order chi connectivity index (χ0) is 9.40. The van der Waals surface area contributed by atoms with Gasteiger partial charge >= 0.3 is 5.97 Å². The summed E-state index contributed by atoms with van der Waals surface area (Å²) in [6, 6.07) is 0. The highest BCUT2D eigenvalue weighted by Crippen LogP contribution is 2.01. The number of aliphatic hydroxyl groups excluding tert-OH is 1. The lowest BCUT2D eigenvalue weighted by Gasteiger charge is -1.99. The molecule has 0 saturated carbocycles. The fraction of sp³-hybridized carbons (Fsp3) is 0.444. The molecule has 1 atom stereocenters. The van der Waals surface area contributed by atoms with Gasteiger partial charge in [-0.25, -0.2) is 4.79 Å². The number of carboxylic acids is 1. The number of hydrogen-bond donors (Lipinski definition) is 2. The molecule has 2 N–H and O–H groups in total. The molecule has 0 aromatic rings. The predicted molar refractivity (Wildman–Crippen MR) is 46.8 cm³/mol. The lowest BCUT2D eigenvalue weighted by Crippen LogP contribution is -1.92. The van der Waals surface area contributed by atoms with Crippen molar-refractivity contribution < 1.29 is 15.0 Å². The standard InChI is InChI=1S/C9H14O3/c1-8(6-7-10)4-2-3-5-9(11)12/h2-5,8,10H,6-7H2,1H3,(H,11,12)/b4-2+,5-3+. The van der Waals surface area contributed by atoms with Gasteiger partial charge < -0.3 is 10.2 Å². The molecule has 0 aromatic carbocycles. The summed E-state index contributed by atoms with van der Waals surface area (Å²) in [7, 11) is 0. The van der Waals surface area contributed by atoms with Crippen LogP contribution in [0.1, 0.15) is 13.3 Å². The van der Waals surface area contributed by atoms with Crippen molar-refractivity contribution in [3.05, 3.63) is 24.3 Å². The maximum atomic E-state index is 10.0. The smallest absolute Gasteiger partial charge is 0.328 e. The third-order valence-electron chi connectivity index (χ3n) is 1.37. The summed E-state index contributed by atoms with van der Waals surface area (Å²) in [5.41, 5.74) is 0. The Kier molecular flexibility index (Phi) is 6.01. The molecule has 0 aliphatic heterocycles. The maximum absolute atomic E-state index is 10.0. The van der Waals surface area contributed by atoms with E-state index in [0.717, 1.165) is 6.08 Å². The first-order valence-electron chi connectivity index (χ1n) is 3.85. The summed E-state index contributed by atoms with van der Waals surface area (Å²) in [4.78, 5) is 10.0. The third-order valence-corrected chi connectivity index (χ3v) is 1.37. The van der Waals surface area contributed by atoms with Crippen LogP contribution in [-0.4, -0.2) is 22.8 Å². The average Bonchev–Trinajstić information content (AvgIpc) is 1.98. The van der Waals surface area contributed by atoms with Crippen LogP contribution in [0.3, 0.4) is 0 Å². The lowest BCUT2D eigenvalue weighted by atomic mass is 10.1. The second-order valence-corrected chi connectivity index (χ2v) is 2.57. The summed E-state index contributed by atoms with van der Waals surface area (Å²) >= 11 is 0. The minimum atomic E-state index is -0.950. The second-order valence-electron chi connectivity index (χ2n) is 2.57. The molecular formula is C9H14O3. The number of aliphatic carboxylic acids is 1. The Hall–Kier alpha value is -1.09. The average molecular weight is 170 g/mol. The van der Waals surface area contributed by atoms with E-state index in [0.29, 0.717) is 6.42 Å². The highest BCUT2D eigenvalue weighted by molar-refractivity contribution is 5.80. The van der Waals surface area contributed by atoms with Crippen molar-refractivity contribution in [2.24, 2.45) is 5.92 Å². The Morgan fingerprint density at radius 1 is 1.50 bits per heavy atom. The molecule has 0 heterocycles. The van der Waals surface area contributed by atoms with Crippen LogP contribution in [0.5, 0.6) is 0 Å². The molecular weight excluding hydrogens is 156 g/mol. The number of carbonyl (C=O) groups is 1. The van der Waals surface area contributed by atoms with Crippen molar-refractivity contribution >= 4 is 5.97 Å². The van der Waals surface area contributed by atoms with Gasteiger partial charge in [0.15, 0.2) is 0 Å². The number of allylic oxidation sites excluding steroid dienone is 3. The van der Waals surface area contributed by atoms with E-state index in [9.17, 15) is 4.79 Å². The van der Waals surface area contributed by atoms with Gasteiger partial charge in [-0.1, -0.05) is 25.2 Å². The summed E-state index contributed by atoms with van der Waals surface area (Å²) in [5, 5.41) is 16.8. The first-order valence-corrected chi connectivity index (χ1v) is 3.85. The van der Waals surface area contributed by atoms with Gasteiger partial charge in [-0.2, -0.15) is 0 Å². The summed E-state index contributed by atoms with van der Waals surface area (Å²) in [5.74, 6) is -0.664. The second kappa shape index (κ2) is 6.61. The fourth-order valence-electron chi connectivity index (χ4n) is 0.692. The van der Waals surface area contributed by atoms with Crippen molar-refractivity contribution in [1.82, 2.24) is 0 Å². The Bertz CT molecular complexity index is 182. The van der Waals surface area contributed by atoms with Crippen molar-refractivity contribution in [2.75, 3.05) is 6.61 Å². The molecule has 68 valence electrons. The molecule has 0 aliphatic rings. The lowest BCUT2D eigenvalue weighted by molar-refractivity contribution is -0.131. The number of carboxylic acid groups (broad SMARTS) is 1. The fourth-order valence-corrected chi connectivity index (χ4v) is 0.692. The van der Waals surface area contributed by atoms with E-state index in [-0.39, 0.29) is 12.5 Å². The SMILES string of the molecule is CC(/C=C/C=C/C(=O)O)CCO. The molecule has 0 aliphatic carbocycles. The van der Waals surface area contributed by atoms with Crippen LogP contribution in [0.25, 0.3) is 0 Å². The molecule has 0 fully saturated rings. The Labute approximate surface area is 72.0 Å². The molecule has 3 heteroatoms. The molecule has 12 heavy (non-hydrogen) atoms. The molecule has 3 nitrogen and oxygen atoms in total. The minimum Gasteiger partial charge on any atom is -0.478 e. The number of aliphatic hydroxyl groups is 1. The van der Waals surface area contributed by atoms with E-state index in [2.05, 4.69) is 0 Å². The highest BCUT2D eigenvalue weighted by Gasteiger charge is 1.92. The number of hydrogen-bond acceptors (Lipinski definition) is 2. The third kappa shape index (κ3) is 7.02. The molecule has 0 radical (unpaired) electrons. The monoisotopic (exact) mass is 170 g/mol. The Morgan fingerprint density at radius 3 is 2.67 bits per heavy atom. The van der Waals surface area contributed by atoms with Gasteiger partial charge in [0.25, 0.3) is 0 Å². The van der Waals surface area contributed by atoms with E-state index in [4.69, 9.17) is 10.2 Å². The van der Waals surface area contributed by atoms with E-state index in [1.54, 1.807) is 6.08 Å². The normalized spacial score (nSPS) is 14.2. The van der Waals surface area contributed by atoms with Crippen LogP contribution in [0, 0.1) is 5.92 Å². The van der Waals surface area contributed by atoms with E-state index in [1.165, 1.54) is 6.08 Å². The van der Waals surface area contributed by atoms with Crippen LogP contribution in [0.15, 0.2) is 24.3 Å². The van der Waals surface area contributed by atoms with Crippen molar-refractivity contribution in [3.63, 3.8) is 0 Å². The zero-order valence-corrected chi connectivity index (χ0v) is 7.10. The van der Waals surface area contributed by atoms with Gasteiger partial charge in [0.1, 0.15) is 0 Å². The Balaban J connectivity index is 3.67. The molecule has 0 saturated heterocycles. The van der Waals surface area contributed by atoms with E-state index < -0.39 is 5.97 Å². The molecule has 0 amide bonds. The molecule has 1 unspecified atom stereocenters. The van der Waals surface area contributed by atoms with Crippen LogP contribution >= 0.6 is 0 Å². The van der Waals surface area contributed by atoms with Gasteiger partial charge in [-0.05, 0) is 12.3 Å². The predicted octanol–water partition coefficient (Wildman–Crippen LogP) is 1.20. The van der Waals surface area contributed by atoms with Gasteiger partial charge in [-0.3, -0.25) is 0 Å². The van der Waals surface area contributed by atoms with Gasteiger partial charge in [-0.15, -0.1) is 0 Å². The largest absolute Gasteiger partial charge is 0.478 e. The summed E-state index contributed by atoms with van der Waals surface area (Å²) in [6.45, 7) is 2.12.